The summed E-state index contributed by atoms with van der Waals surface area (Å²) in [6.45, 7) is 9.82. The van der Waals surface area contributed by atoms with Crippen molar-refractivity contribution in [2.75, 3.05) is 52.7 Å². The fourth-order valence-electron chi connectivity index (χ4n) is 4.46. The zero-order valence-corrected chi connectivity index (χ0v) is 22.5. The summed E-state index contributed by atoms with van der Waals surface area (Å²) in [6, 6.07) is 8.50. The highest BCUT2D eigenvalue weighted by Crippen LogP contribution is 2.31. The molecular formula is C26H32ClF3N8. The third-order valence-electron chi connectivity index (χ3n) is 6.27. The second-order valence-electron chi connectivity index (χ2n) is 9.24. The van der Waals surface area contributed by atoms with E-state index in [0.29, 0.717) is 42.2 Å². The van der Waals surface area contributed by atoms with Crippen LogP contribution < -0.4 is 20.0 Å². The van der Waals surface area contributed by atoms with Gasteiger partial charge in [0.2, 0.25) is 17.8 Å². The summed E-state index contributed by atoms with van der Waals surface area (Å²) in [5.41, 5.74) is -0.252. The minimum atomic E-state index is -4.40. The molecule has 1 aromatic carbocycles. The molecule has 3 heterocycles. The molecule has 2 aromatic heterocycles. The molecule has 0 amide bonds. The number of rotatable bonds is 9. The van der Waals surface area contributed by atoms with Crippen LogP contribution in [0.25, 0.3) is 0 Å². The molecule has 0 bridgehead atoms. The Morgan fingerprint density at radius 2 is 1.74 bits per heavy atom. The number of nitrogens with one attached hydrogen (secondary N) is 1. The number of benzene rings is 1. The first-order chi connectivity index (χ1) is 18.2. The van der Waals surface area contributed by atoms with Crippen molar-refractivity contribution in [3.63, 3.8) is 0 Å². The van der Waals surface area contributed by atoms with Crippen LogP contribution in [0.15, 0.2) is 42.6 Å². The fraction of sp³-hybridized carbons (Fsp3) is 0.462. The van der Waals surface area contributed by atoms with Gasteiger partial charge in [-0.15, -0.1) is 0 Å². The van der Waals surface area contributed by atoms with E-state index in [-0.39, 0.29) is 12.0 Å². The monoisotopic (exact) mass is 548 g/mol. The van der Waals surface area contributed by atoms with Crippen molar-refractivity contribution in [2.24, 2.45) is 0 Å². The Hall–Kier alpha value is -3.34. The molecule has 4 rings (SSSR count). The first-order valence-electron chi connectivity index (χ1n) is 12.8. The Balaban J connectivity index is 1.62. The number of hydrogen-bond donors (Lipinski definition) is 1. The van der Waals surface area contributed by atoms with Crippen LogP contribution in [0, 0.1) is 0 Å². The Morgan fingerprint density at radius 3 is 2.34 bits per heavy atom. The molecule has 1 N–H and O–H groups in total. The van der Waals surface area contributed by atoms with Gasteiger partial charge in [0.05, 0.1) is 10.6 Å². The topological polar surface area (TPSA) is 73.3 Å². The second-order valence-corrected chi connectivity index (χ2v) is 9.65. The van der Waals surface area contributed by atoms with Crippen LogP contribution in [-0.2, 0) is 6.18 Å². The van der Waals surface area contributed by atoms with Crippen molar-refractivity contribution in [2.45, 2.75) is 45.8 Å². The number of piperazine rings is 1. The van der Waals surface area contributed by atoms with Gasteiger partial charge in [0, 0.05) is 50.6 Å². The first-order valence-corrected chi connectivity index (χ1v) is 13.1. The van der Waals surface area contributed by atoms with Gasteiger partial charge in [-0.05, 0) is 56.2 Å². The molecule has 0 spiro atoms. The van der Waals surface area contributed by atoms with Gasteiger partial charge in [-0.25, -0.2) is 4.98 Å². The summed E-state index contributed by atoms with van der Waals surface area (Å²) in [5.74, 6) is 2.08. The number of aromatic nitrogens is 4. The van der Waals surface area contributed by atoms with Crippen LogP contribution in [0.4, 0.5) is 42.5 Å². The normalized spacial score (nSPS) is 16.0. The Bertz CT molecular complexity index is 1200. The smallest absolute Gasteiger partial charge is 0.352 e. The third kappa shape index (κ3) is 6.56. The predicted molar refractivity (Wildman–Crippen MR) is 146 cm³/mol. The SMILES string of the molecule is CCCN(CCC)c1nc(Nc2ccc(C(F)(F)F)cc2)nc(N2CCN(c3ncccc3Cl)CC2C)n1. The number of nitrogens with zero attached hydrogens (tertiary/aromatic N) is 7. The summed E-state index contributed by atoms with van der Waals surface area (Å²) in [7, 11) is 0. The number of hydrogen-bond acceptors (Lipinski definition) is 8. The lowest BCUT2D eigenvalue weighted by Crippen LogP contribution is -2.53. The summed E-state index contributed by atoms with van der Waals surface area (Å²) in [5, 5.41) is 3.68. The molecule has 1 aliphatic rings. The van der Waals surface area contributed by atoms with Crippen LogP contribution in [0.2, 0.25) is 5.02 Å². The molecule has 1 unspecified atom stereocenters. The van der Waals surface area contributed by atoms with Crippen LogP contribution in [0.5, 0.6) is 0 Å². The van der Waals surface area contributed by atoms with E-state index in [9.17, 15) is 13.2 Å². The van der Waals surface area contributed by atoms with E-state index in [2.05, 4.69) is 55.7 Å². The van der Waals surface area contributed by atoms with E-state index in [4.69, 9.17) is 16.6 Å². The van der Waals surface area contributed by atoms with Crippen molar-refractivity contribution in [3.05, 3.63) is 53.2 Å². The van der Waals surface area contributed by atoms with Gasteiger partial charge < -0.3 is 20.0 Å². The molecule has 8 nitrogen and oxygen atoms in total. The lowest BCUT2D eigenvalue weighted by Gasteiger charge is -2.40. The van der Waals surface area contributed by atoms with Crippen LogP contribution >= 0.6 is 11.6 Å². The molecule has 38 heavy (non-hydrogen) atoms. The average Bonchev–Trinajstić information content (AvgIpc) is 2.88. The molecule has 1 atom stereocenters. The quantitative estimate of drug-likeness (QED) is 0.348. The lowest BCUT2D eigenvalue weighted by molar-refractivity contribution is -0.137. The molecule has 12 heteroatoms. The van der Waals surface area contributed by atoms with E-state index < -0.39 is 11.7 Å². The molecule has 1 saturated heterocycles. The minimum absolute atomic E-state index is 0.0433. The van der Waals surface area contributed by atoms with E-state index >= 15 is 0 Å². The van der Waals surface area contributed by atoms with Crippen LogP contribution in [-0.4, -0.2) is 58.7 Å². The third-order valence-corrected chi connectivity index (χ3v) is 6.57. The number of halogens is 4. The summed E-state index contributed by atoms with van der Waals surface area (Å²) < 4.78 is 39.0. The van der Waals surface area contributed by atoms with Crippen molar-refractivity contribution in [1.82, 2.24) is 19.9 Å². The number of anilines is 5. The van der Waals surface area contributed by atoms with Crippen LogP contribution in [0.1, 0.15) is 39.2 Å². The Kier molecular flexibility index (Phi) is 8.76. The first kappa shape index (κ1) is 27.7. The summed E-state index contributed by atoms with van der Waals surface area (Å²) >= 11 is 6.38. The van der Waals surface area contributed by atoms with E-state index in [1.54, 1.807) is 12.3 Å². The van der Waals surface area contributed by atoms with Crippen LogP contribution in [0.3, 0.4) is 0 Å². The van der Waals surface area contributed by atoms with Gasteiger partial charge in [0.25, 0.3) is 0 Å². The highest BCUT2D eigenvalue weighted by Gasteiger charge is 2.31. The lowest BCUT2D eigenvalue weighted by atomic mass is 10.2. The van der Waals surface area contributed by atoms with Gasteiger partial charge in [0.15, 0.2) is 0 Å². The zero-order chi connectivity index (χ0) is 27.3. The van der Waals surface area contributed by atoms with Crippen molar-refractivity contribution < 1.29 is 13.2 Å². The van der Waals surface area contributed by atoms with Gasteiger partial charge in [-0.2, -0.15) is 28.1 Å². The largest absolute Gasteiger partial charge is 0.416 e. The van der Waals surface area contributed by atoms with E-state index in [1.807, 2.05) is 6.07 Å². The molecule has 3 aromatic rings. The number of alkyl halides is 3. The van der Waals surface area contributed by atoms with Gasteiger partial charge in [-0.3, -0.25) is 0 Å². The molecule has 204 valence electrons. The van der Waals surface area contributed by atoms with E-state index in [1.165, 1.54) is 12.1 Å². The Labute approximate surface area is 225 Å². The molecular weight excluding hydrogens is 517 g/mol. The predicted octanol–water partition coefficient (Wildman–Crippen LogP) is 6.02. The second kappa shape index (κ2) is 12.0. The molecule has 0 saturated carbocycles. The zero-order valence-electron chi connectivity index (χ0n) is 21.7. The minimum Gasteiger partial charge on any atom is -0.352 e. The molecule has 0 radical (unpaired) electrons. The van der Waals surface area contributed by atoms with Gasteiger partial charge in [-0.1, -0.05) is 25.4 Å². The maximum absolute atomic E-state index is 13.0. The fourth-order valence-corrected chi connectivity index (χ4v) is 4.70. The highest BCUT2D eigenvalue weighted by atomic mass is 35.5. The molecule has 1 aliphatic heterocycles. The van der Waals surface area contributed by atoms with E-state index in [0.717, 1.165) is 43.9 Å². The number of pyridine rings is 1. The molecule has 0 aliphatic carbocycles. The maximum atomic E-state index is 13.0. The Morgan fingerprint density at radius 1 is 1.03 bits per heavy atom. The maximum Gasteiger partial charge on any atom is 0.416 e. The standard InChI is InChI=1S/C26H32ClF3N8/c1-4-13-36(14-5-2)24-33-23(32-20-10-8-19(9-11-20)26(28,29)30)34-25(35-24)38-16-15-37(17-18(38)3)22-21(27)7-6-12-31-22/h6-12,18H,4-5,13-17H2,1-3H3,(H,32,33,34,35). The van der Waals surface area contributed by atoms with Crippen molar-refractivity contribution >= 4 is 41.0 Å². The average molecular weight is 549 g/mol. The summed E-state index contributed by atoms with van der Waals surface area (Å²) in [4.78, 5) is 25.0. The molecule has 1 fully saturated rings. The van der Waals surface area contributed by atoms with Gasteiger partial charge >= 0.3 is 6.18 Å². The van der Waals surface area contributed by atoms with Crippen molar-refractivity contribution in [3.8, 4) is 0 Å². The summed E-state index contributed by atoms with van der Waals surface area (Å²) in [6.07, 6.45) is -0.832. The highest BCUT2D eigenvalue weighted by molar-refractivity contribution is 6.32. The van der Waals surface area contributed by atoms with Gasteiger partial charge in [0.1, 0.15) is 5.82 Å². The van der Waals surface area contributed by atoms with Crippen molar-refractivity contribution in [1.29, 1.82) is 0 Å².